The zero-order chi connectivity index (χ0) is 31.6. The number of nitrogens with zero attached hydrogens (tertiary/aromatic N) is 2. The first-order valence-electron chi connectivity index (χ1n) is 15.5. The molecule has 0 aromatic heterocycles. The van der Waals surface area contributed by atoms with Crippen molar-refractivity contribution in [1.82, 2.24) is 0 Å². The fourth-order valence-corrected chi connectivity index (χ4v) is 5.46. The van der Waals surface area contributed by atoms with Crippen LogP contribution in [0.15, 0.2) is 177 Å². The van der Waals surface area contributed by atoms with E-state index in [1.165, 1.54) is 27.6 Å². The molecule has 0 saturated carbocycles. The van der Waals surface area contributed by atoms with Gasteiger partial charge in [0.2, 0.25) is 0 Å². The number of rotatable bonds is 9. The lowest BCUT2D eigenvalue weighted by Gasteiger charge is -2.26. The Morgan fingerprint density at radius 2 is 1.00 bits per heavy atom. The largest absolute Gasteiger partial charge is 0.345 e. The third-order valence-electron chi connectivity index (χ3n) is 7.82. The Bertz CT molecular complexity index is 1880. The molecule has 0 heterocycles. The summed E-state index contributed by atoms with van der Waals surface area (Å²) in [7, 11) is 2.10. The Hall–Kier alpha value is -5.60. The molecule has 0 aliphatic heterocycles. The SMILES string of the molecule is C=C/C=C(\C=C)c1ccc(N(c2ccc(-c3ccc(N(C)c4ccccc4)cc3)cc2)c2ccc3ccccc3c2)cc1.CC. The number of hydrogen-bond donors (Lipinski definition) is 0. The Kier molecular flexibility index (Phi) is 10.1. The second kappa shape index (κ2) is 14.7. The van der Waals surface area contributed by atoms with Gasteiger partial charge in [-0.15, -0.1) is 0 Å². The van der Waals surface area contributed by atoms with E-state index >= 15 is 0 Å². The lowest BCUT2D eigenvalue weighted by molar-refractivity contribution is 1.21. The molecule has 45 heavy (non-hydrogen) atoms. The van der Waals surface area contributed by atoms with Crippen molar-refractivity contribution in [3.05, 3.63) is 183 Å². The van der Waals surface area contributed by atoms with Gasteiger partial charge in [-0.3, -0.25) is 0 Å². The van der Waals surface area contributed by atoms with Crippen LogP contribution in [-0.2, 0) is 0 Å². The predicted molar refractivity (Wildman–Crippen MR) is 198 cm³/mol. The monoisotopic (exact) mass is 584 g/mol. The van der Waals surface area contributed by atoms with Crippen molar-refractivity contribution < 1.29 is 0 Å². The maximum absolute atomic E-state index is 3.97. The molecule has 6 aromatic rings. The van der Waals surface area contributed by atoms with Crippen molar-refractivity contribution in [2.75, 3.05) is 16.8 Å². The van der Waals surface area contributed by atoms with Crippen molar-refractivity contribution in [3.8, 4) is 11.1 Å². The van der Waals surface area contributed by atoms with E-state index in [1.807, 2.05) is 32.1 Å². The van der Waals surface area contributed by atoms with E-state index in [-0.39, 0.29) is 0 Å². The number of fused-ring (bicyclic) bond motifs is 1. The van der Waals surface area contributed by atoms with Gasteiger partial charge in [-0.05, 0) is 93.7 Å². The molecule has 0 fully saturated rings. The molecule has 0 radical (unpaired) electrons. The summed E-state index contributed by atoms with van der Waals surface area (Å²) in [5, 5.41) is 2.44. The fraction of sp³-hybridized carbons (Fsp3) is 0.0698. The van der Waals surface area contributed by atoms with Gasteiger partial charge >= 0.3 is 0 Å². The normalized spacial score (nSPS) is 10.9. The van der Waals surface area contributed by atoms with Crippen molar-refractivity contribution in [2.24, 2.45) is 0 Å². The Balaban J connectivity index is 0.00000196. The Morgan fingerprint density at radius 3 is 1.58 bits per heavy atom. The second-order valence-corrected chi connectivity index (χ2v) is 10.5. The van der Waals surface area contributed by atoms with Gasteiger partial charge in [0.25, 0.3) is 0 Å². The molecule has 0 spiro atoms. The lowest BCUT2D eigenvalue weighted by Crippen LogP contribution is -2.10. The molecule has 6 rings (SSSR count). The second-order valence-electron chi connectivity index (χ2n) is 10.5. The summed E-state index contributed by atoms with van der Waals surface area (Å²) >= 11 is 0. The molecule has 0 amide bonds. The van der Waals surface area contributed by atoms with Crippen LogP contribution in [0.4, 0.5) is 28.4 Å². The third kappa shape index (κ3) is 6.98. The number of benzene rings is 6. The Labute approximate surface area is 268 Å². The highest BCUT2D eigenvalue weighted by Gasteiger charge is 2.14. The lowest BCUT2D eigenvalue weighted by atomic mass is 10.0. The third-order valence-corrected chi connectivity index (χ3v) is 7.82. The molecule has 6 aromatic carbocycles. The molecule has 2 nitrogen and oxygen atoms in total. The van der Waals surface area contributed by atoms with Crippen LogP contribution in [0.5, 0.6) is 0 Å². The predicted octanol–water partition coefficient (Wildman–Crippen LogP) is 12.5. The highest BCUT2D eigenvalue weighted by molar-refractivity contribution is 5.90. The molecule has 0 aliphatic rings. The van der Waals surface area contributed by atoms with E-state index in [0.29, 0.717) is 0 Å². The zero-order valence-electron chi connectivity index (χ0n) is 26.4. The van der Waals surface area contributed by atoms with Gasteiger partial charge < -0.3 is 9.80 Å². The van der Waals surface area contributed by atoms with Crippen molar-refractivity contribution in [3.63, 3.8) is 0 Å². The highest BCUT2D eigenvalue weighted by atomic mass is 15.1. The first-order valence-corrected chi connectivity index (χ1v) is 15.5. The molecule has 0 N–H and O–H groups in total. The van der Waals surface area contributed by atoms with Crippen LogP contribution in [0, 0.1) is 0 Å². The average Bonchev–Trinajstić information content (AvgIpc) is 3.12. The summed E-state index contributed by atoms with van der Waals surface area (Å²) in [4.78, 5) is 4.51. The van der Waals surface area contributed by atoms with Crippen LogP contribution >= 0.6 is 0 Å². The van der Waals surface area contributed by atoms with Gasteiger partial charge in [-0.2, -0.15) is 0 Å². The van der Waals surface area contributed by atoms with Crippen molar-refractivity contribution in [1.29, 1.82) is 0 Å². The topological polar surface area (TPSA) is 6.48 Å². The van der Waals surface area contributed by atoms with E-state index in [1.54, 1.807) is 6.08 Å². The van der Waals surface area contributed by atoms with E-state index in [9.17, 15) is 0 Å². The fourth-order valence-electron chi connectivity index (χ4n) is 5.46. The molecule has 0 bridgehead atoms. The summed E-state index contributed by atoms with van der Waals surface area (Å²) in [6, 6.07) is 51.7. The summed E-state index contributed by atoms with van der Waals surface area (Å²) in [6.45, 7) is 11.8. The van der Waals surface area contributed by atoms with Gasteiger partial charge in [-0.25, -0.2) is 0 Å². The molecule has 0 atom stereocenters. The van der Waals surface area contributed by atoms with E-state index in [2.05, 4.69) is 170 Å². The van der Waals surface area contributed by atoms with Crippen LogP contribution < -0.4 is 9.80 Å². The van der Waals surface area contributed by atoms with Gasteiger partial charge in [0.05, 0.1) is 0 Å². The molecule has 2 heteroatoms. The van der Waals surface area contributed by atoms with Crippen LogP contribution in [0.1, 0.15) is 19.4 Å². The maximum Gasteiger partial charge on any atom is 0.0468 e. The van der Waals surface area contributed by atoms with Crippen LogP contribution in [0.25, 0.3) is 27.5 Å². The van der Waals surface area contributed by atoms with E-state index in [4.69, 9.17) is 0 Å². The van der Waals surface area contributed by atoms with E-state index in [0.717, 1.165) is 33.9 Å². The minimum atomic E-state index is 1.05. The van der Waals surface area contributed by atoms with Crippen LogP contribution in [0.3, 0.4) is 0 Å². The maximum atomic E-state index is 3.97. The average molecular weight is 585 g/mol. The minimum Gasteiger partial charge on any atom is -0.345 e. The molecule has 0 saturated heterocycles. The van der Waals surface area contributed by atoms with Crippen molar-refractivity contribution in [2.45, 2.75) is 13.8 Å². The first-order chi connectivity index (χ1) is 22.1. The smallest absolute Gasteiger partial charge is 0.0468 e. The Morgan fingerprint density at radius 1 is 0.511 bits per heavy atom. The molecular weight excluding hydrogens is 544 g/mol. The highest BCUT2D eigenvalue weighted by Crippen LogP contribution is 2.38. The zero-order valence-corrected chi connectivity index (χ0v) is 26.4. The molecule has 222 valence electrons. The van der Waals surface area contributed by atoms with Crippen LogP contribution in [-0.4, -0.2) is 7.05 Å². The number of anilines is 5. The van der Waals surface area contributed by atoms with E-state index < -0.39 is 0 Å². The summed E-state index contributed by atoms with van der Waals surface area (Å²) in [6.07, 6.45) is 5.64. The summed E-state index contributed by atoms with van der Waals surface area (Å²) < 4.78 is 0. The minimum absolute atomic E-state index is 1.05. The van der Waals surface area contributed by atoms with Gasteiger partial charge in [0.15, 0.2) is 0 Å². The standard InChI is InChI=1S/C41H34N2.C2H6/c1-4-11-31(5-2)33-18-25-39(26-19-33)43(41-29-22-32-12-9-10-13-36(32)30-41)40-27-20-35(21-28-40)34-16-23-38(24-17-34)42(3)37-14-7-6-8-15-37;1-2/h4-30H,1-2H2,3H3;1-2H3/b31-11+;. The number of allylic oxidation sites excluding steroid dienone is 4. The van der Waals surface area contributed by atoms with Gasteiger partial charge in [-0.1, -0.05) is 130 Å². The first kappa shape index (κ1) is 30.8. The number of hydrogen-bond acceptors (Lipinski definition) is 2. The van der Waals surface area contributed by atoms with Crippen LogP contribution in [0.2, 0.25) is 0 Å². The summed E-state index contributed by atoms with van der Waals surface area (Å²) in [5.74, 6) is 0. The molecular formula is C43H40N2. The van der Waals surface area contributed by atoms with Crippen molar-refractivity contribution >= 4 is 44.8 Å². The number of para-hydroxylation sites is 1. The molecule has 0 unspecified atom stereocenters. The summed E-state index contributed by atoms with van der Waals surface area (Å²) in [5.41, 5.74) is 10.1. The van der Waals surface area contributed by atoms with Gasteiger partial charge in [0, 0.05) is 35.5 Å². The van der Waals surface area contributed by atoms with Gasteiger partial charge in [0.1, 0.15) is 0 Å². The molecule has 0 aliphatic carbocycles. The quantitative estimate of drug-likeness (QED) is 0.156.